The van der Waals surface area contributed by atoms with Crippen molar-refractivity contribution in [3.8, 4) is 0 Å². The molecule has 1 aliphatic rings. The van der Waals surface area contributed by atoms with Gasteiger partial charge in [-0.3, -0.25) is 4.79 Å². The minimum Gasteiger partial charge on any atom is -0.433 e. The average molecular weight is 531 g/mol. The molecule has 5 atom stereocenters. The Morgan fingerprint density at radius 1 is 0.595 bits per heavy atom. The number of ether oxygens (including phenoxy) is 2. The summed E-state index contributed by atoms with van der Waals surface area (Å²) in [4.78, 5) is 12.0. The van der Waals surface area contributed by atoms with Gasteiger partial charge in [0.1, 0.15) is 24.4 Å². The highest BCUT2D eigenvalue weighted by Crippen LogP contribution is 2.23. The zero-order chi connectivity index (χ0) is 27.1. The number of carbonyl (C=O) groups is 1. The summed E-state index contributed by atoms with van der Waals surface area (Å²) in [7, 11) is 0. The quantitative estimate of drug-likeness (QED) is 0.0902. The van der Waals surface area contributed by atoms with Gasteiger partial charge in [-0.25, -0.2) is 0 Å². The predicted molar refractivity (Wildman–Crippen MR) is 147 cm³/mol. The molecule has 0 saturated carbocycles. The van der Waals surface area contributed by atoms with Crippen LogP contribution in [-0.4, -0.2) is 63.7 Å². The fraction of sp³-hybridized carbons (Fsp3) is 0.967. The molecule has 1 heterocycles. The summed E-state index contributed by atoms with van der Waals surface area (Å²) in [5.41, 5.74) is 0. The van der Waals surface area contributed by atoms with Crippen molar-refractivity contribution in [3.63, 3.8) is 0 Å². The predicted octanol–water partition coefficient (Wildman–Crippen LogP) is 5.93. The van der Waals surface area contributed by atoms with Gasteiger partial charge in [-0.15, -0.1) is 0 Å². The second-order valence-electron chi connectivity index (χ2n) is 11.0. The summed E-state index contributed by atoms with van der Waals surface area (Å²) in [6.45, 7) is 1.73. The fourth-order valence-corrected chi connectivity index (χ4v) is 5.05. The van der Waals surface area contributed by atoms with E-state index >= 15 is 0 Å². The Bertz CT molecular complexity index is 528. The normalized spacial score (nSPS) is 23.9. The summed E-state index contributed by atoms with van der Waals surface area (Å²) in [6, 6.07) is 0. The maximum Gasteiger partial charge on any atom is 0.308 e. The van der Waals surface area contributed by atoms with Gasteiger partial charge >= 0.3 is 5.97 Å². The molecular formula is C30H58O7. The molecule has 0 amide bonds. The van der Waals surface area contributed by atoms with E-state index < -0.39 is 43.3 Å². The molecule has 0 bridgehead atoms. The number of hydrogen-bond acceptors (Lipinski definition) is 7. The van der Waals surface area contributed by atoms with Crippen LogP contribution in [-0.2, 0) is 14.3 Å². The van der Waals surface area contributed by atoms with Gasteiger partial charge in [-0.05, 0) is 6.42 Å². The van der Waals surface area contributed by atoms with E-state index in [9.17, 15) is 25.2 Å². The number of unbranched alkanes of at least 4 members (excludes halogenated alkanes) is 20. The Balaban J connectivity index is 1.83. The first-order valence-electron chi connectivity index (χ1n) is 15.5. The van der Waals surface area contributed by atoms with Crippen LogP contribution in [0.2, 0.25) is 0 Å². The molecule has 220 valence electrons. The topological polar surface area (TPSA) is 116 Å². The molecule has 0 aliphatic carbocycles. The first-order chi connectivity index (χ1) is 18.0. The van der Waals surface area contributed by atoms with Crippen molar-refractivity contribution >= 4 is 5.97 Å². The first-order valence-corrected chi connectivity index (χ1v) is 15.5. The second-order valence-corrected chi connectivity index (χ2v) is 11.0. The van der Waals surface area contributed by atoms with E-state index in [1.165, 1.54) is 116 Å². The molecule has 7 nitrogen and oxygen atoms in total. The van der Waals surface area contributed by atoms with Gasteiger partial charge in [-0.1, -0.05) is 135 Å². The molecule has 0 spiro atoms. The highest BCUT2D eigenvalue weighted by Gasteiger charge is 2.45. The van der Waals surface area contributed by atoms with Crippen LogP contribution in [0, 0.1) is 0 Å². The Morgan fingerprint density at radius 3 is 1.35 bits per heavy atom. The first kappa shape index (κ1) is 34.3. The SMILES string of the molecule is CCCCCCCCCCCCCCCCCCCCCCCC(=O)OC1OC(CO)C(O)C(O)C1O. The van der Waals surface area contributed by atoms with Crippen molar-refractivity contribution in [2.75, 3.05) is 6.61 Å². The molecule has 0 aromatic heterocycles. The van der Waals surface area contributed by atoms with Crippen molar-refractivity contribution in [3.05, 3.63) is 0 Å². The number of carbonyl (C=O) groups excluding carboxylic acids is 1. The van der Waals surface area contributed by atoms with Gasteiger partial charge in [0.05, 0.1) is 6.61 Å². The van der Waals surface area contributed by atoms with Gasteiger partial charge in [-0.2, -0.15) is 0 Å². The van der Waals surface area contributed by atoms with Crippen molar-refractivity contribution in [2.45, 2.75) is 179 Å². The molecular weight excluding hydrogens is 472 g/mol. The monoisotopic (exact) mass is 530 g/mol. The molecule has 1 fully saturated rings. The second kappa shape index (κ2) is 23.2. The molecule has 7 heteroatoms. The molecule has 1 aliphatic heterocycles. The van der Waals surface area contributed by atoms with Crippen LogP contribution >= 0.6 is 0 Å². The van der Waals surface area contributed by atoms with Crippen molar-refractivity contribution in [1.82, 2.24) is 0 Å². The lowest BCUT2D eigenvalue weighted by molar-refractivity contribution is -0.292. The number of aliphatic hydroxyl groups is 4. The smallest absolute Gasteiger partial charge is 0.308 e. The summed E-state index contributed by atoms with van der Waals surface area (Å²) >= 11 is 0. The highest BCUT2D eigenvalue weighted by atomic mass is 16.7. The Hall–Kier alpha value is -0.730. The van der Waals surface area contributed by atoms with Crippen LogP contribution in [0.25, 0.3) is 0 Å². The molecule has 0 aromatic rings. The van der Waals surface area contributed by atoms with E-state index in [4.69, 9.17) is 9.47 Å². The molecule has 1 rings (SSSR count). The summed E-state index contributed by atoms with van der Waals surface area (Å²) in [5.74, 6) is -0.512. The molecule has 0 radical (unpaired) electrons. The van der Waals surface area contributed by atoms with Crippen LogP contribution in [0.15, 0.2) is 0 Å². The largest absolute Gasteiger partial charge is 0.433 e. The zero-order valence-corrected chi connectivity index (χ0v) is 23.7. The molecule has 0 aromatic carbocycles. The standard InChI is InChI=1S/C30H58O7/c1-2-3-4-5-6-7-8-9-10-11-12-13-14-15-16-17-18-19-20-21-22-23-26(32)37-30-29(35)28(34)27(33)25(24-31)36-30/h25,27-31,33-35H,2-24H2,1H3. The van der Waals surface area contributed by atoms with Crippen molar-refractivity contribution in [2.24, 2.45) is 0 Å². The van der Waals surface area contributed by atoms with Gasteiger partial charge in [0, 0.05) is 6.42 Å². The van der Waals surface area contributed by atoms with Crippen LogP contribution in [0.3, 0.4) is 0 Å². The molecule has 37 heavy (non-hydrogen) atoms. The van der Waals surface area contributed by atoms with E-state index in [0.29, 0.717) is 6.42 Å². The van der Waals surface area contributed by atoms with Crippen LogP contribution < -0.4 is 0 Å². The van der Waals surface area contributed by atoms with E-state index in [-0.39, 0.29) is 6.42 Å². The molecule has 4 N–H and O–H groups in total. The van der Waals surface area contributed by atoms with Gasteiger partial charge in [0.25, 0.3) is 0 Å². The summed E-state index contributed by atoms with van der Waals surface area (Å²) in [6.07, 6.45) is 20.7. The lowest BCUT2D eigenvalue weighted by Crippen LogP contribution is -2.59. The number of esters is 1. The third-order valence-corrected chi connectivity index (χ3v) is 7.58. The number of aliphatic hydroxyl groups excluding tert-OH is 4. The van der Waals surface area contributed by atoms with E-state index in [1.807, 2.05) is 0 Å². The minimum atomic E-state index is -1.54. The lowest BCUT2D eigenvalue weighted by atomic mass is 9.99. The third-order valence-electron chi connectivity index (χ3n) is 7.58. The number of hydrogen-bond donors (Lipinski definition) is 4. The maximum atomic E-state index is 12.0. The van der Waals surface area contributed by atoms with Gasteiger partial charge < -0.3 is 29.9 Å². The fourth-order valence-electron chi connectivity index (χ4n) is 5.05. The average Bonchev–Trinajstić information content (AvgIpc) is 2.89. The maximum absolute atomic E-state index is 12.0. The zero-order valence-electron chi connectivity index (χ0n) is 23.7. The minimum absolute atomic E-state index is 0.216. The number of rotatable bonds is 24. The summed E-state index contributed by atoms with van der Waals surface area (Å²) in [5, 5.41) is 38.6. The van der Waals surface area contributed by atoms with Crippen molar-refractivity contribution < 1.29 is 34.7 Å². The van der Waals surface area contributed by atoms with Gasteiger partial charge in [0.2, 0.25) is 6.29 Å². The van der Waals surface area contributed by atoms with E-state index in [1.54, 1.807) is 0 Å². The Kier molecular flexibility index (Phi) is 21.5. The Morgan fingerprint density at radius 2 is 0.973 bits per heavy atom. The summed E-state index contributed by atoms with van der Waals surface area (Å²) < 4.78 is 10.3. The van der Waals surface area contributed by atoms with Crippen LogP contribution in [0.1, 0.15) is 148 Å². The van der Waals surface area contributed by atoms with E-state index in [2.05, 4.69) is 6.92 Å². The molecule has 5 unspecified atom stereocenters. The highest BCUT2D eigenvalue weighted by molar-refractivity contribution is 5.69. The van der Waals surface area contributed by atoms with Crippen LogP contribution in [0.5, 0.6) is 0 Å². The molecule has 1 saturated heterocycles. The third kappa shape index (κ3) is 16.8. The Labute approximate surface area is 226 Å². The lowest BCUT2D eigenvalue weighted by Gasteiger charge is -2.39. The van der Waals surface area contributed by atoms with E-state index in [0.717, 1.165) is 12.8 Å². The van der Waals surface area contributed by atoms with Crippen molar-refractivity contribution in [1.29, 1.82) is 0 Å². The van der Waals surface area contributed by atoms with Crippen LogP contribution in [0.4, 0.5) is 0 Å². The van der Waals surface area contributed by atoms with Gasteiger partial charge in [0.15, 0.2) is 0 Å².